The van der Waals surface area contributed by atoms with E-state index in [2.05, 4.69) is 4.98 Å². The average Bonchev–Trinajstić information content (AvgIpc) is 1.30. The van der Waals surface area contributed by atoms with E-state index in [9.17, 15) is 4.57 Å². The average molecular weight is 141 g/mol. The fourth-order valence-corrected chi connectivity index (χ4v) is 1.85. The SMILES string of the molecule is O=P(O)(O)CN[SiH3]. The molecule has 0 saturated carbocycles. The fourth-order valence-electron chi connectivity index (χ4n) is 0.206. The quantitative estimate of drug-likeness (QED) is 0.307. The van der Waals surface area contributed by atoms with Crippen LogP contribution >= 0.6 is 7.60 Å². The summed E-state index contributed by atoms with van der Waals surface area (Å²) in [6, 6.07) is 0. The van der Waals surface area contributed by atoms with Crippen LogP contribution in [0.1, 0.15) is 0 Å². The lowest BCUT2D eigenvalue weighted by atomic mass is 11.5. The van der Waals surface area contributed by atoms with Crippen LogP contribution < -0.4 is 4.98 Å². The molecule has 0 radical (unpaired) electrons. The Bertz CT molecular complexity index is 88.9. The zero-order valence-corrected chi connectivity index (χ0v) is 6.85. The molecule has 0 aromatic heterocycles. The summed E-state index contributed by atoms with van der Waals surface area (Å²) >= 11 is 0. The van der Waals surface area contributed by atoms with E-state index in [1.54, 1.807) is 0 Å². The molecular weight excluding hydrogens is 133 g/mol. The van der Waals surface area contributed by atoms with Gasteiger partial charge in [0.15, 0.2) is 0 Å². The minimum Gasteiger partial charge on any atom is -0.335 e. The molecule has 0 unspecified atom stereocenters. The van der Waals surface area contributed by atoms with E-state index < -0.39 is 7.60 Å². The normalized spacial score (nSPS) is 12.3. The molecule has 0 bridgehead atoms. The third kappa shape index (κ3) is 6.33. The van der Waals surface area contributed by atoms with Gasteiger partial charge in [-0.3, -0.25) is 4.57 Å². The van der Waals surface area contributed by atoms with Gasteiger partial charge in [0.2, 0.25) is 0 Å². The molecule has 0 aromatic rings. The largest absolute Gasteiger partial charge is 0.338 e. The van der Waals surface area contributed by atoms with Crippen LogP contribution in [0.2, 0.25) is 0 Å². The van der Waals surface area contributed by atoms with E-state index in [0.717, 1.165) is 0 Å². The van der Waals surface area contributed by atoms with E-state index in [1.807, 2.05) is 0 Å². The van der Waals surface area contributed by atoms with Crippen molar-refractivity contribution in [3.05, 3.63) is 0 Å². The minimum absolute atomic E-state index is 0.181. The number of nitrogens with one attached hydrogen (secondary N) is 1. The Hall–Kier alpha value is 0.327. The van der Waals surface area contributed by atoms with Crippen molar-refractivity contribution in [1.82, 2.24) is 4.98 Å². The molecule has 0 aliphatic rings. The van der Waals surface area contributed by atoms with Crippen LogP contribution in [0.3, 0.4) is 0 Å². The highest BCUT2D eigenvalue weighted by Crippen LogP contribution is 2.31. The van der Waals surface area contributed by atoms with Gasteiger partial charge in [0.25, 0.3) is 0 Å². The van der Waals surface area contributed by atoms with E-state index in [1.165, 1.54) is 0 Å². The van der Waals surface area contributed by atoms with Crippen molar-refractivity contribution in [2.45, 2.75) is 0 Å². The van der Waals surface area contributed by atoms with Crippen LogP contribution in [0, 0.1) is 0 Å². The Labute approximate surface area is 44.6 Å². The topological polar surface area (TPSA) is 69.6 Å². The first-order valence-electron chi connectivity index (χ1n) is 1.75. The smallest absolute Gasteiger partial charge is 0.335 e. The van der Waals surface area contributed by atoms with Crippen molar-refractivity contribution < 1.29 is 14.4 Å². The standard InChI is InChI=1S/CH8NO3PSi/c3-6(4,5)1-2-7/h2H,1H2,7H3,(H2,3,4,5). The predicted octanol–water partition coefficient (Wildman–Crippen LogP) is -2.01. The molecule has 0 spiro atoms. The van der Waals surface area contributed by atoms with Gasteiger partial charge in [0.1, 0.15) is 0 Å². The van der Waals surface area contributed by atoms with E-state index in [0.29, 0.717) is 10.4 Å². The van der Waals surface area contributed by atoms with Crippen molar-refractivity contribution in [3.63, 3.8) is 0 Å². The van der Waals surface area contributed by atoms with Crippen molar-refractivity contribution in [1.29, 1.82) is 0 Å². The summed E-state index contributed by atoms with van der Waals surface area (Å²) < 4.78 is 9.89. The first-order valence-corrected chi connectivity index (χ1v) is 4.55. The Morgan fingerprint density at radius 1 is 1.71 bits per heavy atom. The second-order valence-electron chi connectivity index (χ2n) is 1.18. The Kier molecular flexibility index (Phi) is 2.71. The van der Waals surface area contributed by atoms with Gasteiger partial charge < -0.3 is 14.8 Å². The second kappa shape index (κ2) is 2.59. The maximum atomic E-state index is 9.89. The lowest BCUT2D eigenvalue weighted by molar-refractivity contribution is 0.372. The highest BCUT2D eigenvalue weighted by molar-refractivity contribution is 7.51. The van der Waals surface area contributed by atoms with Crippen LogP contribution in [-0.2, 0) is 4.57 Å². The van der Waals surface area contributed by atoms with Crippen LogP contribution in [-0.4, -0.2) is 26.5 Å². The van der Waals surface area contributed by atoms with Crippen LogP contribution in [0.15, 0.2) is 0 Å². The molecular formula is CH8NO3PSi. The number of hydrogen-bond acceptors (Lipinski definition) is 2. The lowest BCUT2D eigenvalue weighted by Crippen LogP contribution is -2.09. The molecule has 0 saturated heterocycles. The van der Waals surface area contributed by atoms with Gasteiger partial charge in [-0.15, -0.1) is 0 Å². The zero-order valence-electron chi connectivity index (χ0n) is 3.96. The van der Waals surface area contributed by atoms with Crippen LogP contribution in [0.5, 0.6) is 0 Å². The summed E-state index contributed by atoms with van der Waals surface area (Å²) in [5.74, 6) is 0. The lowest BCUT2D eigenvalue weighted by Gasteiger charge is -1.98. The molecule has 0 rings (SSSR count). The van der Waals surface area contributed by atoms with Gasteiger partial charge in [0.05, 0.1) is 16.7 Å². The molecule has 6 heteroatoms. The van der Waals surface area contributed by atoms with Crippen molar-refractivity contribution in [2.24, 2.45) is 0 Å². The maximum Gasteiger partial charge on any atom is 0.338 e. The van der Waals surface area contributed by atoms with Crippen LogP contribution in [0.4, 0.5) is 0 Å². The minimum atomic E-state index is -3.74. The third-order valence-electron chi connectivity index (χ3n) is 0.364. The summed E-state index contributed by atoms with van der Waals surface area (Å²) in [6.07, 6.45) is -0.181. The monoisotopic (exact) mass is 141 g/mol. The molecule has 0 heterocycles. The summed E-state index contributed by atoms with van der Waals surface area (Å²) in [7, 11) is -3.11. The summed E-state index contributed by atoms with van der Waals surface area (Å²) in [6.45, 7) is 0. The van der Waals surface area contributed by atoms with Gasteiger partial charge in [-0.1, -0.05) is 0 Å². The molecule has 0 fully saturated rings. The first-order chi connectivity index (χ1) is 3.06. The second-order valence-corrected chi connectivity index (χ2v) is 3.53. The Balaban J connectivity index is 3.36. The van der Waals surface area contributed by atoms with E-state index in [-0.39, 0.29) is 6.29 Å². The maximum absolute atomic E-state index is 9.89. The molecule has 0 aliphatic carbocycles. The van der Waals surface area contributed by atoms with Crippen molar-refractivity contribution >= 4 is 18.0 Å². The summed E-state index contributed by atoms with van der Waals surface area (Å²) in [4.78, 5) is 18.7. The van der Waals surface area contributed by atoms with Gasteiger partial charge in [-0.25, -0.2) is 0 Å². The number of hydrogen-bond donors (Lipinski definition) is 3. The van der Waals surface area contributed by atoms with Gasteiger partial charge in [-0.2, -0.15) is 0 Å². The molecule has 0 amide bonds. The number of rotatable bonds is 2. The molecule has 44 valence electrons. The molecule has 3 N–H and O–H groups in total. The molecule has 0 atom stereocenters. The summed E-state index contributed by atoms with van der Waals surface area (Å²) in [5, 5.41) is 0. The van der Waals surface area contributed by atoms with E-state index >= 15 is 0 Å². The fraction of sp³-hybridized carbons (Fsp3) is 1.00. The Morgan fingerprint density at radius 3 is 2.14 bits per heavy atom. The first kappa shape index (κ1) is 7.33. The van der Waals surface area contributed by atoms with Gasteiger partial charge in [0, 0.05) is 0 Å². The molecule has 0 aromatic carbocycles. The zero-order chi connectivity index (χ0) is 5.91. The van der Waals surface area contributed by atoms with Crippen molar-refractivity contribution in [2.75, 3.05) is 6.29 Å². The molecule has 7 heavy (non-hydrogen) atoms. The summed E-state index contributed by atoms with van der Waals surface area (Å²) in [5.41, 5.74) is 0. The van der Waals surface area contributed by atoms with Gasteiger partial charge in [-0.05, 0) is 0 Å². The predicted molar refractivity (Wildman–Crippen MR) is 30.0 cm³/mol. The van der Waals surface area contributed by atoms with Crippen molar-refractivity contribution in [3.8, 4) is 0 Å². The highest BCUT2D eigenvalue weighted by atomic mass is 31.2. The van der Waals surface area contributed by atoms with Crippen LogP contribution in [0.25, 0.3) is 0 Å². The third-order valence-corrected chi connectivity index (χ3v) is 2.04. The van der Waals surface area contributed by atoms with Gasteiger partial charge >= 0.3 is 7.60 Å². The van der Waals surface area contributed by atoms with E-state index in [4.69, 9.17) is 9.79 Å². The Morgan fingerprint density at radius 2 is 2.14 bits per heavy atom. The molecule has 4 nitrogen and oxygen atoms in total. The highest BCUT2D eigenvalue weighted by Gasteiger charge is 2.08. The molecule has 0 aliphatic heterocycles.